The Kier molecular flexibility index (Phi) is 5.52. The average Bonchev–Trinajstić information content (AvgIpc) is 2.61. The maximum atomic E-state index is 13.2. The lowest BCUT2D eigenvalue weighted by Gasteiger charge is -2.35. The van der Waals surface area contributed by atoms with E-state index >= 15 is 0 Å². The van der Waals surface area contributed by atoms with Crippen LogP contribution in [0.25, 0.3) is 10.9 Å². The van der Waals surface area contributed by atoms with Crippen LogP contribution in [0.2, 0.25) is 0 Å². The minimum Gasteiger partial charge on any atom is -0.466 e. The van der Waals surface area contributed by atoms with E-state index in [2.05, 4.69) is 4.98 Å². The van der Waals surface area contributed by atoms with Crippen molar-refractivity contribution in [3.05, 3.63) is 41.1 Å². The van der Waals surface area contributed by atoms with Crippen LogP contribution in [0, 0.1) is 13.8 Å². The Morgan fingerprint density at radius 3 is 2.88 bits per heavy atom. The molecule has 138 valence electrons. The number of carbonyl (C=O) groups is 2. The van der Waals surface area contributed by atoms with Gasteiger partial charge in [-0.25, -0.2) is 0 Å². The molecule has 1 aliphatic rings. The van der Waals surface area contributed by atoms with Crippen LogP contribution in [0.3, 0.4) is 0 Å². The second-order valence-corrected chi connectivity index (χ2v) is 6.55. The van der Waals surface area contributed by atoms with Gasteiger partial charge in [-0.3, -0.25) is 14.6 Å². The van der Waals surface area contributed by atoms with Crippen LogP contribution in [-0.4, -0.2) is 54.2 Å². The van der Waals surface area contributed by atoms with Crippen molar-refractivity contribution in [3.63, 3.8) is 0 Å². The molecule has 1 atom stereocenters. The van der Waals surface area contributed by atoms with Crippen LogP contribution in [0.1, 0.15) is 35.0 Å². The fourth-order valence-corrected chi connectivity index (χ4v) is 3.27. The molecule has 1 aromatic heterocycles. The number of aromatic nitrogens is 1. The summed E-state index contributed by atoms with van der Waals surface area (Å²) < 4.78 is 10.5. The van der Waals surface area contributed by atoms with Gasteiger partial charge in [-0.2, -0.15) is 0 Å². The van der Waals surface area contributed by atoms with Crippen molar-refractivity contribution in [2.24, 2.45) is 0 Å². The van der Waals surface area contributed by atoms with E-state index in [0.717, 1.165) is 16.5 Å². The van der Waals surface area contributed by atoms with Crippen molar-refractivity contribution in [1.82, 2.24) is 9.88 Å². The molecule has 1 amide bonds. The summed E-state index contributed by atoms with van der Waals surface area (Å²) in [5, 5.41) is 0.939. The highest BCUT2D eigenvalue weighted by Crippen LogP contribution is 2.22. The predicted molar refractivity (Wildman–Crippen MR) is 98.1 cm³/mol. The molecule has 0 radical (unpaired) electrons. The first-order chi connectivity index (χ1) is 12.5. The van der Waals surface area contributed by atoms with Gasteiger partial charge in [0.05, 0.1) is 49.1 Å². The van der Waals surface area contributed by atoms with E-state index in [4.69, 9.17) is 9.47 Å². The largest absolute Gasteiger partial charge is 0.466 e. The Balaban J connectivity index is 1.89. The molecule has 0 saturated carbocycles. The zero-order valence-corrected chi connectivity index (χ0v) is 15.4. The van der Waals surface area contributed by atoms with Gasteiger partial charge >= 0.3 is 5.97 Å². The van der Waals surface area contributed by atoms with Crippen LogP contribution in [-0.2, 0) is 14.3 Å². The van der Waals surface area contributed by atoms with E-state index in [1.165, 1.54) is 0 Å². The molecule has 6 heteroatoms. The van der Waals surface area contributed by atoms with Crippen LogP contribution in [0.4, 0.5) is 0 Å². The van der Waals surface area contributed by atoms with Gasteiger partial charge in [-0.05, 0) is 39.0 Å². The maximum absolute atomic E-state index is 13.2. The van der Waals surface area contributed by atoms with E-state index in [1.807, 2.05) is 38.1 Å². The number of hydrogen-bond acceptors (Lipinski definition) is 5. The number of fused-ring (bicyclic) bond motifs is 1. The van der Waals surface area contributed by atoms with Crippen molar-refractivity contribution in [1.29, 1.82) is 0 Å². The molecule has 0 N–H and O–H groups in total. The SMILES string of the molecule is CCOC(=O)C[C@H]1COCCN1C(=O)c1cc2cc(C)ccc2nc1C. The minimum absolute atomic E-state index is 0.115. The number of esters is 1. The molecule has 0 spiro atoms. The summed E-state index contributed by atoms with van der Waals surface area (Å²) in [6.45, 7) is 7.20. The Morgan fingerprint density at radius 1 is 1.31 bits per heavy atom. The summed E-state index contributed by atoms with van der Waals surface area (Å²) in [4.78, 5) is 31.3. The van der Waals surface area contributed by atoms with Crippen molar-refractivity contribution in [2.45, 2.75) is 33.2 Å². The molecule has 26 heavy (non-hydrogen) atoms. The van der Waals surface area contributed by atoms with Gasteiger partial charge in [0.25, 0.3) is 5.91 Å². The smallest absolute Gasteiger partial charge is 0.307 e. The number of ether oxygens (including phenoxy) is 2. The minimum atomic E-state index is -0.317. The topological polar surface area (TPSA) is 68.7 Å². The Morgan fingerprint density at radius 2 is 2.12 bits per heavy atom. The third-order valence-corrected chi connectivity index (χ3v) is 4.59. The van der Waals surface area contributed by atoms with Crippen molar-refractivity contribution in [3.8, 4) is 0 Å². The first-order valence-electron chi connectivity index (χ1n) is 8.92. The number of pyridine rings is 1. The van der Waals surface area contributed by atoms with Crippen LogP contribution in [0.15, 0.2) is 24.3 Å². The maximum Gasteiger partial charge on any atom is 0.307 e. The molecule has 0 unspecified atom stereocenters. The number of rotatable bonds is 4. The zero-order valence-electron chi connectivity index (χ0n) is 15.4. The molecule has 2 aromatic rings. The molecular formula is C20H24N2O4. The van der Waals surface area contributed by atoms with E-state index in [0.29, 0.717) is 37.6 Å². The molecule has 2 heterocycles. The fraction of sp³-hybridized carbons (Fsp3) is 0.450. The molecule has 0 bridgehead atoms. The molecule has 3 rings (SSSR count). The Bertz CT molecular complexity index is 834. The summed E-state index contributed by atoms with van der Waals surface area (Å²) in [7, 11) is 0. The second-order valence-electron chi connectivity index (χ2n) is 6.55. The lowest BCUT2D eigenvalue weighted by molar-refractivity contribution is -0.145. The Hall–Kier alpha value is -2.47. The van der Waals surface area contributed by atoms with Gasteiger partial charge in [0.1, 0.15) is 0 Å². The lowest BCUT2D eigenvalue weighted by Crippen LogP contribution is -2.49. The zero-order chi connectivity index (χ0) is 18.7. The highest BCUT2D eigenvalue weighted by molar-refractivity contribution is 5.99. The molecule has 1 aliphatic heterocycles. The number of amides is 1. The van der Waals surface area contributed by atoms with E-state index in [1.54, 1.807) is 11.8 Å². The standard InChI is InChI=1S/C20H24N2O4/c1-4-26-19(23)11-16-12-25-8-7-22(16)20(24)17-10-15-9-13(2)5-6-18(15)21-14(17)3/h5-6,9-10,16H,4,7-8,11-12H2,1-3H3/t16-/m0/s1. The molecule has 1 aromatic carbocycles. The van der Waals surface area contributed by atoms with Gasteiger partial charge in [-0.15, -0.1) is 0 Å². The van der Waals surface area contributed by atoms with Crippen molar-refractivity contribution < 1.29 is 19.1 Å². The van der Waals surface area contributed by atoms with Gasteiger partial charge in [0.15, 0.2) is 0 Å². The van der Waals surface area contributed by atoms with E-state index in [9.17, 15) is 9.59 Å². The summed E-state index contributed by atoms with van der Waals surface area (Å²) in [6.07, 6.45) is 0.138. The van der Waals surface area contributed by atoms with Crippen molar-refractivity contribution >= 4 is 22.8 Å². The molecule has 6 nitrogen and oxygen atoms in total. The number of morpholine rings is 1. The summed E-state index contributed by atoms with van der Waals surface area (Å²) in [6, 6.07) is 7.57. The first-order valence-corrected chi connectivity index (χ1v) is 8.92. The third kappa shape index (κ3) is 3.85. The van der Waals surface area contributed by atoms with Crippen molar-refractivity contribution in [2.75, 3.05) is 26.4 Å². The van der Waals surface area contributed by atoms with E-state index < -0.39 is 0 Å². The normalized spacial score (nSPS) is 17.3. The number of aryl methyl sites for hydroxylation is 2. The average molecular weight is 356 g/mol. The highest BCUT2D eigenvalue weighted by atomic mass is 16.5. The van der Waals surface area contributed by atoms with E-state index in [-0.39, 0.29) is 24.3 Å². The molecular weight excluding hydrogens is 332 g/mol. The predicted octanol–water partition coefficient (Wildman–Crippen LogP) is 2.65. The third-order valence-electron chi connectivity index (χ3n) is 4.59. The fourth-order valence-electron chi connectivity index (χ4n) is 3.27. The summed E-state index contributed by atoms with van der Waals surface area (Å²) in [5.41, 5.74) is 3.24. The van der Waals surface area contributed by atoms with Gasteiger partial charge in [-0.1, -0.05) is 11.6 Å². The first kappa shape index (κ1) is 18.3. The van der Waals surface area contributed by atoms with Crippen LogP contribution in [0.5, 0.6) is 0 Å². The second kappa shape index (κ2) is 7.83. The van der Waals surface area contributed by atoms with Crippen LogP contribution >= 0.6 is 0 Å². The quantitative estimate of drug-likeness (QED) is 0.788. The summed E-state index contributed by atoms with van der Waals surface area (Å²) in [5.74, 6) is -0.430. The monoisotopic (exact) mass is 356 g/mol. The molecule has 1 saturated heterocycles. The number of hydrogen-bond donors (Lipinski definition) is 0. The lowest BCUT2D eigenvalue weighted by atomic mass is 10.0. The van der Waals surface area contributed by atoms with Crippen LogP contribution < -0.4 is 0 Å². The number of nitrogens with zero attached hydrogens (tertiary/aromatic N) is 2. The van der Waals surface area contributed by atoms with Gasteiger partial charge in [0.2, 0.25) is 0 Å². The van der Waals surface area contributed by atoms with Gasteiger partial charge in [0, 0.05) is 11.9 Å². The number of carbonyl (C=O) groups excluding carboxylic acids is 2. The Labute approximate surface area is 153 Å². The summed E-state index contributed by atoms with van der Waals surface area (Å²) >= 11 is 0. The highest BCUT2D eigenvalue weighted by Gasteiger charge is 2.31. The molecule has 1 fully saturated rings. The number of benzene rings is 1. The van der Waals surface area contributed by atoms with Gasteiger partial charge < -0.3 is 14.4 Å². The molecule has 0 aliphatic carbocycles.